The number of rotatable bonds is 3. The van der Waals surface area contributed by atoms with Crippen LogP contribution in [0.25, 0.3) is 0 Å². The molecule has 0 saturated carbocycles. The summed E-state index contributed by atoms with van der Waals surface area (Å²) in [6.45, 7) is 1.60. The zero-order valence-electron chi connectivity index (χ0n) is 11.6. The van der Waals surface area contributed by atoms with E-state index in [0.29, 0.717) is 12.8 Å². The van der Waals surface area contributed by atoms with E-state index in [1.165, 1.54) is 5.56 Å². The van der Waals surface area contributed by atoms with Crippen LogP contribution >= 0.6 is 0 Å². The maximum atomic E-state index is 12.5. The van der Waals surface area contributed by atoms with Crippen LogP contribution in [0.15, 0.2) is 24.3 Å². The highest BCUT2D eigenvalue weighted by Crippen LogP contribution is 2.30. The van der Waals surface area contributed by atoms with Gasteiger partial charge in [0, 0.05) is 6.04 Å². The van der Waals surface area contributed by atoms with Gasteiger partial charge in [0.05, 0.1) is 5.25 Å². The normalized spacial score (nSPS) is 24.3. The molecule has 0 amide bonds. The Kier molecular flexibility index (Phi) is 4.10. The van der Waals surface area contributed by atoms with E-state index in [4.69, 9.17) is 0 Å². The van der Waals surface area contributed by atoms with Crippen LogP contribution in [0.3, 0.4) is 0 Å². The molecule has 0 aromatic heterocycles. The van der Waals surface area contributed by atoms with Gasteiger partial charge in [-0.1, -0.05) is 24.3 Å². The lowest BCUT2D eigenvalue weighted by atomic mass is 9.88. The number of fused-ring (bicyclic) bond motifs is 1. The lowest BCUT2D eigenvalue weighted by molar-refractivity contribution is 0.467. The third-order valence-electron chi connectivity index (χ3n) is 4.40. The van der Waals surface area contributed by atoms with Gasteiger partial charge in [-0.15, -0.1) is 0 Å². The first-order chi connectivity index (χ1) is 9.67. The molecule has 0 spiro atoms. The van der Waals surface area contributed by atoms with Gasteiger partial charge in [0.1, 0.15) is 0 Å². The summed E-state index contributed by atoms with van der Waals surface area (Å²) in [5.74, 6) is 0. The number of hydrogen-bond acceptors (Lipinski definition) is 3. The first kappa shape index (κ1) is 14.0. The lowest BCUT2D eigenvalue weighted by Crippen LogP contribution is -2.43. The number of nitrogens with one attached hydrogen (secondary N) is 2. The average Bonchev–Trinajstić information content (AvgIpc) is 2.48. The summed E-state index contributed by atoms with van der Waals surface area (Å²) in [4.78, 5) is 0. The molecular formula is C15H22N2O2S. The summed E-state index contributed by atoms with van der Waals surface area (Å²) < 4.78 is 28.0. The van der Waals surface area contributed by atoms with Crippen LogP contribution in [0.2, 0.25) is 0 Å². The molecule has 0 radical (unpaired) electrons. The van der Waals surface area contributed by atoms with Crippen molar-refractivity contribution in [3.63, 3.8) is 0 Å². The van der Waals surface area contributed by atoms with E-state index in [-0.39, 0.29) is 11.3 Å². The largest absolute Gasteiger partial charge is 0.317 e. The van der Waals surface area contributed by atoms with Gasteiger partial charge in [-0.2, -0.15) is 0 Å². The van der Waals surface area contributed by atoms with Crippen molar-refractivity contribution in [3.8, 4) is 0 Å². The molecule has 20 heavy (non-hydrogen) atoms. The molecule has 1 heterocycles. The zero-order valence-corrected chi connectivity index (χ0v) is 12.5. The van der Waals surface area contributed by atoms with Gasteiger partial charge < -0.3 is 5.32 Å². The predicted molar refractivity (Wildman–Crippen MR) is 80.1 cm³/mol. The molecule has 4 nitrogen and oxygen atoms in total. The highest BCUT2D eigenvalue weighted by molar-refractivity contribution is 7.90. The summed E-state index contributed by atoms with van der Waals surface area (Å²) in [5, 5.41) is 2.98. The molecule has 1 atom stereocenters. The van der Waals surface area contributed by atoms with E-state index in [1.807, 2.05) is 12.1 Å². The van der Waals surface area contributed by atoms with Crippen molar-refractivity contribution >= 4 is 10.0 Å². The van der Waals surface area contributed by atoms with E-state index >= 15 is 0 Å². The van der Waals surface area contributed by atoms with E-state index in [1.54, 1.807) is 0 Å². The average molecular weight is 294 g/mol. The van der Waals surface area contributed by atoms with Crippen molar-refractivity contribution < 1.29 is 8.42 Å². The highest BCUT2D eigenvalue weighted by atomic mass is 32.2. The summed E-state index contributed by atoms with van der Waals surface area (Å²) in [6, 6.07) is 8.16. The van der Waals surface area contributed by atoms with E-state index in [9.17, 15) is 8.42 Å². The Balaban J connectivity index is 1.78. The van der Waals surface area contributed by atoms with Gasteiger partial charge in [0.25, 0.3) is 0 Å². The van der Waals surface area contributed by atoms with Crippen LogP contribution in [0.5, 0.6) is 0 Å². The second-order valence-electron chi connectivity index (χ2n) is 5.76. The number of sulfonamides is 1. The van der Waals surface area contributed by atoms with Crippen molar-refractivity contribution in [2.75, 3.05) is 13.1 Å². The summed E-state index contributed by atoms with van der Waals surface area (Å²) in [6.07, 6.45) is 4.44. The van der Waals surface area contributed by atoms with Gasteiger partial charge in [-0.3, -0.25) is 0 Å². The third kappa shape index (κ3) is 2.90. The number of hydrogen-bond donors (Lipinski definition) is 2. The molecule has 1 aliphatic carbocycles. The van der Waals surface area contributed by atoms with E-state index in [0.717, 1.165) is 37.9 Å². The van der Waals surface area contributed by atoms with Gasteiger partial charge in [0.15, 0.2) is 0 Å². The maximum absolute atomic E-state index is 12.5. The molecule has 1 unspecified atom stereocenters. The van der Waals surface area contributed by atoms with Gasteiger partial charge in [-0.05, 0) is 56.3 Å². The van der Waals surface area contributed by atoms with E-state index < -0.39 is 10.0 Å². The summed E-state index contributed by atoms with van der Waals surface area (Å²) in [7, 11) is -3.22. The van der Waals surface area contributed by atoms with Crippen molar-refractivity contribution in [1.82, 2.24) is 10.0 Å². The van der Waals surface area contributed by atoms with Crippen LogP contribution in [0.4, 0.5) is 0 Å². The second kappa shape index (κ2) is 5.84. The second-order valence-corrected chi connectivity index (χ2v) is 7.75. The Bertz CT molecular complexity index is 565. The van der Waals surface area contributed by atoms with Crippen molar-refractivity contribution in [3.05, 3.63) is 35.4 Å². The Labute approximate surface area is 121 Å². The summed E-state index contributed by atoms with van der Waals surface area (Å²) in [5.41, 5.74) is 2.45. The zero-order chi connectivity index (χ0) is 14.0. The molecular weight excluding hydrogens is 272 g/mol. The molecule has 1 aromatic carbocycles. The predicted octanol–water partition coefficient (Wildman–Crippen LogP) is 1.74. The fourth-order valence-electron chi connectivity index (χ4n) is 3.28. The monoisotopic (exact) mass is 294 g/mol. The Morgan fingerprint density at radius 1 is 1.10 bits per heavy atom. The molecule has 110 valence electrons. The molecule has 1 aromatic rings. The fourth-order valence-corrected chi connectivity index (χ4v) is 4.97. The minimum Gasteiger partial charge on any atom is -0.317 e. The molecule has 1 saturated heterocycles. The van der Waals surface area contributed by atoms with Gasteiger partial charge >= 0.3 is 0 Å². The van der Waals surface area contributed by atoms with Crippen molar-refractivity contribution in [2.24, 2.45) is 0 Å². The van der Waals surface area contributed by atoms with Gasteiger partial charge in [0.2, 0.25) is 10.0 Å². The smallest absolute Gasteiger partial charge is 0.215 e. The molecule has 2 N–H and O–H groups in total. The molecule has 3 rings (SSSR count). The van der Waals surface area contributed by atoms with Crippen LogP contribution in [0, 0.1) is 0 Å². The standard InChI is InChI=1S/C15H22N2O2S/c18-20(19,13-8-10-16-11-9-13)17-15-7-3-5-12-4-1-2-6-14(12)15/h1-2,4,6,13,15-17H,3,5,7-11H2. The number of aryl methyl sites for hydroxylation is 1. The number of benzene rings is 1. The van der Waals surface area contributed by atoms with Crippen LogP contribution in [0.1, 0.15) is 42.9 Å². The Morgan fingerprint density at radius 3 is 2.65 bits per heavy atom. The first-order valence-corrected chi connectivity index (χ1v) is 9.01. The minimum absolute atomic E-state index is 0.0418. The third-order valence-corrected chi connectivity index (χ3v) is 6.36. The molecule has 0 bridgehead atoms. The van der Waals surface area contributed by atoms with Crippen LogP contribution < -0.4 is 10.0 Å². The van der Waals surface area contributed by atoms with Crippen molar-refractivity contribution in [1.29, 1.82) is 0 Å². The van der Waals surface area contributed by atoms with Crippen molar-refractivity contribution in [2.45, 2.75) is 43.4 Å². The SMILES string of the molecule is O=S(=O)(NC1CCCc2ccccc21)C1CCNCC1. The van der Waals surface area contributed by atoms with Crippen LogP contribution in [-0.2, 0) is 16.4 Å². The number of piperidine rings is 1. The van der Waals surface area contributed by atoms with Gasteiger partial charge in [-0.25, -0.2) is 13.1 Å². The minimum atomic E-state index is -3.22. The molecule has 5 heteroatoms. The Hall–Kier alpha value is -0.910. The fraction of sp³-hybridized carbons (Fsp3) is 0.600. The molecule has 2 aliphatic rings. The van der Waals surface area contributed by atoms with Crippen LogP contribution in [-0.4, -0.2) is 26.8 Å². The Morgan fingerprint density at radius 2 is 1.85 bits per heavy atom. The lowest BCUT2D eigenvalue weighted by Gasteiger charge is -2.29. The molecule has 1 aliphatic heterocycles. The maximum Gasteiger partial charge on any atom is 0.215 e. The first-order valence-electron chi connectivity index (χ1n) is 7.46. The molecule has 1 fully saturated rings. The quantitative estimate of drug-likeness (QED) is 0.892. The summed E-state index contributed by atoms with van der Waals surface area (Å²) >= 11 is 0. The topological polar surface area (TPSA) is 58.2 Å². The van der Waals surface area contributed by atoms with E-state index in [2.05, 4.69) is 22.2 Å². The highest BCUT2D eigenvalue weighted by Gasteiger charge is 2.31.